The monoisotopic (exact) mass is 127 g/mol. The van der Waals surface area contributed by atoms with Crippen molar-refractivity contribution in [2.75, 3.05) is 0 Å². The lowest BCUT2D eigenvalue weighted by Crippen LogP contribution is -2.07. The molecule has 0 spiro atoms. The molecule has 1 rings (SSSR count). The van der Waals surface area contributed by atoms with Gasteiger partial charge in [-0.1, -0.05) is 0 Å². The minimum atomic E-state index is -0.502. The van der Waals surface area contributed by atoms with Crippen LogP contribution in [0, 0.1) is 6.42 Å². The summed E-state index contributed by atoms with van der Waals surface area (Å²) < 4.78 is 4.28. The van der Waals surface area contributed by atoms with Gasteiger partial charge < -0.3 is 4.74 Å². The van der Waals surface area contributed by atoms with E-state index in [0.717, 1.165) is 6.42 Å². The summed E-state index contributed by atoms with van der Waals surface area (Å²) in [6, 6.07) is 0. The normalized spacial score (nSPS) is 20.9. The van der Waals surface area contributed by atoms with Crippen LogP contribution in [0.3, 0.4) is 0 Å². The van der Waals surface area contributed by atoms with Gasteiger partial charge in [-0.25, -0.2) is 0 Å². The van der Waals surface area contributed by atoms with Gasteiger partial charge in [-0.15, -0.1) is 0 Å². The van der Waals surface area contributed by atoms with E-state index in [0.29, 0.717) is 12.8 Å². The zero-order valence-corrected chi connectivity index (χ0v) is 4.92. The van der Waals surface area contributed by atoms with E-state index in [1.807, 2.05) is 0 Å². The Balaban J connectivity index is 2.47. The van der Waals surface area contributed by atoms with E-state index >= 15 is 0 Å². The van der Waals surface area contributed by atoms with Crippen molar-refractivity contribution in [3.05, 3.63) is 6.42 Å². The van der Waals surface area contributed by atoms with Crippen molar-refractivity contribution in [1.82, 2.24) is 0 Å². The Morgan fingerprint density at radius 1 is 1.44 bits per heavy atom. The molecule has 0 amide bonds. The van der Waals surface area contributed by atoms with Crippen LogP contribution in [0.4, 0.5) is 0 Å². The van der Waals surface area contributed by atoms with Gasteiger partial charge in [0, 0.05) is 6.42 Å². The molecule has 0 bridgehead atoms. The second kappa shape index (κ2) is 2.62. The van der Waals surface area contributed by atoms with Crippen LogP contribution >= 0.6 is 0 Å². The third kappa shape index (κ3) is 1.83. The molecule has 3 heteroatoms. The zero-order chi connectivity index (χ0) is 6.69. The SMILES string of the molecule is O=C1[CH]CCCC(=O)O1. The highest BCUT2D eigenvalue weighted by molar-refractivity contribution is 5.91. The molecular weight excluding hydrogens is 120 g/mol. The van der Waals surface area contributed by atoms with E-state index in [2.05, 4.69) is 4.74 Å². The third-order valence-electron chi connectivity index (χ3n) is 1.11. The molecule has 0 aliphatic carbocycles. The van der Waals surface area contributed by atoms with Gasteiger partial charge in [0.25, 0.3) is 0 Å². The Labute approximate surface area is 53.0 Å². The molecule has 49 valence electrons. The van der Waals surface area contributed by atoms with Crippen molar-refractivity contribution in [1.29, 1.82) is 0 Å². The highest BCUT2D eigenvalue weighted by Gasteiger charge is 2.14. The summed E-state index contributed by atoms with van der Waals surface area (Å²) in [6.07, 6.45) is 3.14. The largest absolute Gasteiger partial charge is 0.393 e. The van der Waals surface area contributed by atoms with Crippen molar-refractivity contribution >= 4 is 11.9 Å². The van der Waals surface area contributed by atoms with E-state index < -0.39 is 11.9 Å². The average Bonchev–Trinajstić information content (AvgIpc) is 1.93. The second-order valence-corrected chi connectivity index (χ2v) is 1.89. The summed E-state index contributed by atoms with van der Waals surface area (Å²) in [4.78, 5) is 20.8. The summed E-state index contributed by atoms with van der Waals surface area (Å²) in [5, 5.41) is 0. The quantitative estimate of drug-likeness (QED) is 0.350. The van der Waals surface area contributed by atoms with Crippen LogP contribution in [0.1, 0.15) is 19.3 Å². The fourth-order valence-electron chi connectivity index (χ4n) is 0.671. The molecule has 0 aromatic rings. The second-order valence-electron chi connectivity index (χ2n) is 1.89. The fraction of sp³-hybridized carbons (Fsp3) is 0.500. The number of carbonyl (C=O) groups excluding carboxylic acids is 2. The topological polar surface area (TPSA) is 43.4 Å². The zero-order valence-electron chi connectivity index (χ0n) is 4.92. The summed E-state index contributed by atoms with van der Waals surface area (Å²) in [6.45, 7) is 0. The highest BCUT2D eigenvalue weighted by atomic mass is 16.6. The summed E-state index contributed by atoms with van der Waals surface area (Å²) >= 11 is 0. The van der Waals surface area contributed by atoms with Gasteiger partial charge in [-0.2, -0.15) is 0 Å². The maximum Gasteiger partial charge on any atom is 0.317 e. The van der Waals surface area contributed by atoms with Crippen LogP contribution in [0.15, 0.2) is 0 Å². The van der Waals surface area contributed by atoms with Crippen LogP contribution in [0.2, 0.25) is 0 Å². The molecular formula is C6H7O3. The number of esters is 2. The lowest BCUT2D eigenvalue weighted by Gasteiger charge is -1.91. The number of hydrogen-bond donors (Lipinski definition) is 0. The van der Waals surface area contributed by atoms with Crippen LogP contribution in [-0.4, -0.2) is 11.9 Å². The summed E-state index contributed by atoms with van der Waals surface area (Å²) in [7, 11) is 0. The predicted octanol–water partition coefficient (Wildman–Crippen LogP) is 0.444. The first kappa shape index (κ1) is 6.26. The Morgan fingerprint density at radius 2 is 2.22 bits per heavy atom. The van der Waals surface area contributed by atoms with Crippen LogP contribution in [0.5, 0.6) is 0 Å². The molecule has 0 saturated carbocycles. The van der Waals surface area contributed by atoms with Gasteiger partial charge in [0.15, 0.2) is 0 Å². The van der Waals surface area contributed by atoms with Crippen LogP contribution in [-0.2, 0) is 14.3 Å². The van der Waals surface area contributed by atoms with Crippen molar-refractivity contribution in [3.63, 3.8) is 0 Å². The molecule has 1 radical (unpaired) electrons. The van der Waals surface area contributed by atoms with Gasteiger partial charge in [0.05, 0.1) is 6.42 Å². The molecule has 0 N–H and O–H groups in total. The fourth-order valence-corrected chi connectivity index (χ4v) is 0.671. The average molecular weight is 127 g/mol. The maximum atomic E-state index is 10.4. The molecule has 9 heavy (non-hydrogen) atoms. The summed E-state index contributed by atoms with van der Waals surface area (Å²) in [5.41, 5.74) is 0. The standard InChI is InChI=1S/C6H7O3/c7-5-3-1-2-4-6(8)9-5/h3H,1-2,4H2. The molecule has 1 heterocycles. The molecule has 1 fully saturated rings. The van der Waals surface area contributed by atoms with E-state index in [-0.39, 0.29) is 0 Å². The van der Waals surface area contributed by atoms with Crippen LogP contribution in [0.25, 0.3) is 0 Å². The lowest BCUT2D eigenvalue weighted by atomic mass is 10.2. The van der Waals surface area contributed by atoms with Gasteiger partial charge in [-0.05, 0) is 12.8 Å². The molecule has 0 unspecified atom stereocenters. The molecule has 3 nitrogen and oxygen atoms in total. The third-order valence-corrected chi connectivity index (χ3v) is 1.11. The molecule has 1 saturated heterocycles. The van der Waals surface area contributed by atoms with E-state index in [1.165, 1.54) is 6.42 Å². The number of ether oxygens (including phenoxy) is 1. The van der Waals surface area contributed by atoms with Gasteiger partial charge in [0.2, 0.25) is 0 Å². The van der Waals surface area contributed by atoms with E-state index in [1.54, 1.807) is 0 Å². The van der Waals surface area contributed by atoms with Crippen molar-refractivity contribution in [2.24, 2.45) is 0 Å². The van der Waals surface area contributed by atoms with Crippen molar-refractivity contribution < 1.29 is 14.3 Å². The first-order chi connectivity index (χ1) is 4.29. The number of hydrogen-bond acceptors (Lipinski definition) is 3. The number of cyclic esters (lactones) is 2. The lowest BCUT2D eigenvalue weighted by molar-refractivity contribution is -0.156. The highest BCUT2D eigenvalue weighted by Crippen LogP contribution is 2.06. The van der Waals surface area contributed by atoms with Crippen molar-refractivity contribution in [3.8, 4) is 0 Å². The van der Waals surface area contributed by atoms with Crippen LogP contribution < -0.4 is 0 Å². The number of rotatable bonds is 0. The Bertz CT molecular complexity index is 123. The molecule has 0 aromatic heterocycles. The minimum Gasteiger partial charge on any atom is -0.393 e. The van der Waals surface area contributed by atoms with Gasteiger partial charge in [0.1, 0.15) is 0 Å². The Morgan fingerprint density at radius 3 is 3.00 bits per heavy atom. The van der Waals surface area contributed by atoms with E-state index in [4.69, 9.17) is 0 Å². The smallest absolute Gasteiger partial charge is 0.317 e. The molecule has 1 aliphatic heterocycles. The predicted molar refractivity (Wildman–Crippen MR) is 29.2 cm³/mol. The molecule has 0 aromatic carbocycles. The molecule has 0 atom stereocenters. The Kier molecular flexibility index (Phi) is 1.82. The molecule has 1 aliphatic rings. The first-order valence-corrected chi connectivity index (χ1v) is 2.87. The number of carbonyl (C=O) groups is 2. The van der Waals surface area contributed by atoms with Gasteiger partial charge in [-0.3, -0.25) is 9.59 Å². The van der Waals surface area contributed by atoms with Gasteiger partial charge >= 0.3 is 11.9 Å². The maximum absolute atomic E-state index is 10.4. The summed E-state index contributed by atoms with van der Waals surface area (Å²) in [5.74, 6) is -0.911. The first-order valence-electron chi connectivity index (χ1n) is 2.87. The minimum absolute atomic E-state index is 0.363. The Hall–Kier alpha value is -0.860. The van der Waals surface area contributed by atoms with E-state index in [9.17, 15) is 9.59 Å². The van der Waals surface area contributed by atoms with Crippen molar-refractivity contribution in [2.45, 2.75) is 19.3 Å².